The average Bonchev–Trinajstić information content (AvgIpc) is 3.19. The highest BCUT2D eigenvalue weighted by molar-refractivity contribution is 5.76. The Morgan fingerprint density at radius 1 is 1.37 bits per heavy atom. The minimum absolute atomic E-state index is 0.00308. The maximum atomic E-state index is 13.6. The molecule has 1 aromatic carbocycles. The van der Waals surface area contributed by atoms with Crippen LogP contribution in [-0.2, 0) is 11.3 Å². The first-order chi connectivity index (χ1) is 9.11. The van der Waals surface area contributed by atoms with Crippen LogP contribution in [0.3, 0.4) is 0 Å². The fraction of sp³-hybridized carbons (Fsp3) is 0.500. The van der Waals surface area contributed by atoms with E-state index in [2.05, 4.69) is 0 Å². The summed E-state index contributed by atoms with van der Waals surface area (Å²) in [4.78, 5) is 13.7. The first-order valence-electron chi connectivity index (χ1n) is 6.55. The SMILES string of the molecule is NCCCC(=O)N(Cc1ccc(F)cc1F)C1CC1. The molecular weight excluding hydrogens is 250 g/mol. The Labute approximate surface area is 111 Å². The summed E-state index contributed by atoms with van der Waals surface area (Å²) in [7, 11) is 0. The summed E-state index contributed by atoms with van der Waals surface area (Å²) in [5.74, 6) is -1.21. The van der Waals surface area contributed by atoms with E-state index in [0.29, 0.717) is 24.9 Å². The summed E-state index contributed by atoms with van der Waals surface area (Å²) in [5.41, 5.74) is 5.75. The number of rotatable bonds is 6. The van der Waals surface area contributed by atoms with Crippen molar-refractivity contribution in [1.82, 2.24) is 4.90 Å². The molecule has 1 saturated carbocycles. The summed E-state index contributed by atoms with van der Waals surface area (Å²) in [6.07, 6.45) is 2.93. The monoisotopic (exact) mass is 268 g/mol. The molecule has 0 saturated heterocycles. The Kier molecular flexibility index (Phi) is 4.47. The lowest BCUT2D eigenvalue weighted by molar-refractivity contribution is -0.132. The van der Waals surface area contributed by atoms with E-state index >= 15 is 0 Å². The predicted octanol–water partition coefficient (Wildman–Crippen LogP) is 2.19. The van der Waals surface area contributed by atoms with Crippen molar-refractivity contribution >= 4 is 5.91 Å². The molecule has 1 aromatic rings. The minimum atomic E-state index is -0.603. The molecule has 2 N–H and O–H groups in total. The summed E-state index contributed by atoms with van der Waals surface area (Å²) >= 11 is 0. The lowest BCUT2D eigenvalue weighted by atomic mass is 10.1. The normalized spacial score (nSPS) is 14.5. The van der Waals surface area contributed by atoms with Gasteiger partial charge in [-0.15, -0.1) is 0 Å². The van der Waals surface area contributed by atoms with Crippen LogP contribution in [0.2, 0.25) is 0 Å². The molecule has 0 spiro atoms. The van der Waals surface area contributed by atoms with E-state index in [1.807, 2.05) is 0 Å². The molecule has 3 nitrogen and oxygen atoms in total. The Morgan fingerprint density at radius 2 is 2.11 bits per heavy atom. The van der Waals surface area contributed by atoms with Gasteiger partial charge >= 0.3 is 0 Å². The molecule has 1 aliphatic rings. The van der Waals surface area contributed by atoms with Crippen LogP contribution < -0.4 is 5.73 Å². The van der Waals surface area contributed by atoms with Gasteiger partial charge in [-0.2, -0.15) is 0 Å². The zero-order valence-corrected chi connectivity index (χ0v) is 10.7. The number of halogens is 2. The quantitative estimate of drug-likeness (QED) is 0.859. The van der Waals surface area contributed by atoms with Crippen molar-refractivity contribution in [3.05, 3.63) is 35.4 Å². The van der Waals surface area contributed by atoms with Crippen LogP contribution in [-0.4, -0.2) is 23.4 Å². The first kappa shape index (κ1) is 13.9. The predicted molar refractivity (Wildman–Crippen MR) is 68.2 cm³/mol. The first-order valence-corrected chi connectivity index (χ1v) is 6.55. The summed E-state index contributed by atoms with van der Waals surface area (Å²) in [6.45, 7) is 0.676. The van der Waals surface area contributed by atoms with Gasteiger partial charge in [0.2, 0.25) is 5.91 Å². The second kappa shape index (κ2) is 6.10. The van der Waals surface area contributed by atoms with Gasteiger partial charge in [0.15, 0.2) is 0 Å². The van der Waals surface area contributed by atoms with Crippen molar-refractivity contribution in [3.8, 4) is 0 Å². The maximum Gasteiger partial charge on any atom is 0.223 e. The molecule has 0 aliphatic heterocycles. The molecule has 0 unspecified atom stereocenters. The van der Waals surface area contributed by atoms with Crippen molar-refractivity contribution < 1.29 is 13.6 Å². The van der Waals surface area contributed by atoms with Crippen LogP contribution in [0.1, 0.15) is 31.2 Å². The molecule has 0 aromatic heterocycles. The highest BCUT2D eigenvalue weighted by Gasteiger charge is 2.32. The molecule has 104 valence electrons. The van der Waals surface area contributed by atoms with Crippen LogP contribution in [0.25, 0.3) is 0 Å². The largest absolute Gasteiger partial charge is 0.335 e. The molecule has 0 atom stereocenters. The van der Waals surface area contributed by atoms with Crippen LogP contribution in [0.5, 0.6) is 0 Å². The van der Waals surface area contributed by atoms with Crippen molar-refractivity contribution in [3.63, 3.8) is 0 Å². The molecule has 0 bridgehead atoms. The van der Waals surface area contributed by atoms with Gasteiger partial charge in [-0.1, -0.05) is 6.07 Å². The van der Waals surface area contributed by atoms with E-state index in [1.165, 1.54) is 12.1 Å². The molecule has 1 aliphatic carbocycles. The molecule has 1 fully saturated rings. The smallest absolute Gasteiger partial charge is 0.223 e. The lowest BCUT2D eigenvalue weighted by Gasteiger charge is -2.22. The molecule has 2 rings (SSSR count). The molecular formula is C14H18F2N2O. The Balaban J connectivity index is 2.06. The lowest BCUT2D eigenvalue weighted by Crippen LogP contribution is -2.33. The van der Waals surface area contributed by atoms with Gasteiger partial charge in [0.1, 0.15) is 11.6 Å². The highest BCUT2D eigenvalue weighted by Crippen LogP contribution is 2.29. The van der Waals surface area contributed by atoms with Gasteiger partial charge in [-0.25, -0.2) is 8.78 Å². The van der Waals surface area contributed by atoms with E-state index < -0.39 is 11.6 Å². The average molecular weight is 268 g/mol. The zero-order valence-electron chi connectivity index (χ0n) is 10.7. The van der Waals surface area contributed by atoms with E-state index in [4.69, 9.17) is 5.73 Å². The summed E-state index contributed by atoms with van der Waals surface area (Å²) < 4.78 is 26.5. The van der Waals surface area contributed by atoms with Gasteiger partial charge < -0.3 is 10.6 Å². The number of nitrogens with zero attached hydrogens (tertiary/aromatic N) is 1. The van der Waals surface area contributed by atoms with E-state index in [0.717, 1.165) is 18.9 Å². The fourth-order valence-electron chi connectivity index (χ4n) is 2.04. The summed E-state index contributed by atoms with van der Waals surface area (Å²) in [5, 5.41) is 0. The van der Waals surface area contributed by atoms with E-state index in [9.17, 15) is 13.6 Å². The number of hydrogen-bond donors (Lipinski definition) is 1. The third kappa shape index (κ3) is 3.73. The number of carbonyl (C=O) groups excluding carboxylic acids is 1. The standard InChI is InChI=1S/C14H18F2N2O/c15-11-4-3-10(13(16)8-11)9-18(12-5-6-12)14(19)2-1-7-17/h3-4,8,12H,1-2,5-7,9,17H2. The number of nitrogens with two attached hydrogens (primary N) is 1. The Hall–Kier alpha value is -1.49. The van der Waals surface area contributed by atoms with Crippen LogP contribution >= 0.6 is 0 Å². The maximum absolute atomic E-state index is 13.6. The van der Waals surface area contributed by atoms with Gasteiger partial charge in [-0.05, 0) is 31.9 Å². The van der Waals surface area contributed by atoms with E-state index in [-0.39, 0.29) is 18.5 Å². The Morgan fingerprint density at radius 3 is 2.68 bits per heavy atom. The van der Waals surface area contributed by atoms with Crippen molar-refractivity contribution in [1.29, 1.82) is 0 Å². The molecule has 1 amide bonds. The van der Waals surface area contributed by atoms with Crippen molar-refractivity contribution in [2.45, 2.75) is 38.3 Å². The van der Waals surface area contributed by atoms with Crippen LogP contribution in [0.15, 0.2) is 18.2 Å². The number of hydrogen-bond acceptors (Lipinski definition) is 2. The topological polar surface area (TPSA) is 46.3 Å². The third-order valence-corrected chi connectivity index (χ3v) is 3.26. The number of carbonyl (C=O) groups is 1. The second-order valence-electron chi connectivity index (χ2n) is 4.88. The van der Waals surface area contributed by atoms with Crippen LogP contribution in [0, 0.1) is 11.6 Å². The van der Waals surface area contributed by atoms with Gasteiger partial charge in [0.05, 0.1) is 0 Å². The van der Waals surface area contributed by atoms with Gasteiger partial charge in [-0.3, -0.25) is 4.79 Å². The Bertz CT molecular complexity index is 461. The zero-order chi connectivity index (χ0) is 13.8. The highest BCUT2D eigenvalue weighted by atomic mass is 19.1. The molecule has 0 radical (unpaired) electrons. The van der Waals surface area contributed by atoms with Crippen molar-refractivity contribution in [2.75, 3.05) is 6.54 Å². The fourth-order valence-corrected chi connectivity index (χ4v) is 2.04. The number of amides is 1. The minimum Gasteiger partial charge on any atom is -0.335 e. The third-order valence-electron chi connectivity index (χ3n) is 3.26. The second-order valence-corrected chi connectivity index (χ2v) is 4.88. The van der Waals surface area contributed by atoms with E-state index in [1.54, 1.807) is 4.90 Å². The molecule has 5 heteroatoms. The van der Waals surface area contributed by atoms with Crippen molar-refractivity contribution in [2.24, 2.45) is 5.73 Å². The summed E-state index contributed by atoms with van der Waals surface area (Å²) in [6, 6.07) is 3.67. The molecule has 0 heterocycles. The number of benzene rings is 1. The molecule has 19 heavy (non-hydrogen) atoms. The van der Waals surface area contributed by atoms with Crippen LogP contribution in [0.4, 0.5) is 8.78 Å². The van der Waals surface area contributed by atoms with Gasteiger partial charge in [0, 0.05) is 30.6 Å². The van der Waals surface area contributed by atoms with Gasteiger partial charge in [0.25, 0.3) is 0 Å².